The fraction of sp³-hybridized carbons (Fsp3) is 0.261. The molecule has 10 nitrogen and oxygen atoms in total. The number of aryl methyl sites for hydroxylation is 1. The van der Waals surface area contributed by atoms with Gasteiger partial charge in [-0.3, -0.25) is 19.5 Å². The van der Waals surface area contributed by atoms with Crippen LogP contribution in [0.4, 0.5) is 10.5 Å². The Hall–Kier alpha value is -3.86. The van der Waals surface area contributed by atoms with Crippen molar-refractivity contribution in [2.45, 2.75) is 31.0 Å². The topological polar surface area (TPSA) is 127 Å². The highest BCUT2D eigenvalue weighted by molar-refractivity contribution is 7.99. The number of aromatic nitrogens is 3. The molecule has 1 saturated heterocycles. The van der Waals surface area contributed by atoms with E-state index in [-0.39, 0.29) is 24.0 Å². The number of imide groups is 1. The third-order valence-corrected chi connectivity index (χ3v) is 6.02. The van der Waals surface area contributed by atoms with Gasteiger partial charge in [-0.05, 0) is 36.8 Å². The summed E-state index contributed by atoms with van der Waals surface area (Å²) in [6.45, 7) is 1.98. The number of anilines is 1. The Morgan fingerprint density at radius 1 is 1.21 bits per heavy atom. The molecule has 1 unspecified atom stereocenters. The van der Waals surface area contributed by atoms with Crippen LogP contribution in [0, 0.1) is 6.92 Å². The largest absolute Gasteiger partial charge is 0.497 e. The third kappa shape index (κ3) is 5.73. The Morgan fingerprint density at radius 2 is 2.03 bits per heavy atom. The third-order valence-electron chi connectivity index (χ3n) is 5.10. The van der Waals surface area contributed by atoms with Crippen LogP contribution in [0.15, 0.2) is 53.7 Å². The molecule has 0 spiro atoms. The Morgan fingerprint density at radius 3 is 2.79 bits per heavy atom. The maximum atomic E-state index is 12.6. The molecule has 1 fully saturated rings. The first kappa shape index (κ1) is 23.3. The Kier molecular flexibility index (Phi) is 7.12. The minimum Gasteiger partial charge on any atom is -0.497 e. The van der Waals surface area contributed by atoms with Gasteiger partial charge >= 0.3 is 6.03 Å². The van der Waals surface area contributed by atoms with E-state index in [4.69, 9.17) is 4.74 Å². The van der Waals surface area contributed by atoms with Crippen molar-refractivity contribution in [3.8, 4) is 11.4 Å². The molecule has 4 rings (SSSR count). The van der Waals surface area contributed by atoms with Crippen LogP contribution in [-0.2, 0) is 16.0 Å². The maximum absolute atomic E-state index is 12.6. The average Bonchev–Trinajstić information content (AvgIpc) is 3.19. The molecule has 1 aliphatic heterocycles. The van der Waals surface area contributed by atoms with Crippen molar-refractivity contribution in [2.24, 2.45) is 0 Å². The number of methoxy groups -OCH3 is 1. The summed E-state index contributed by atoms with van der Waals surface area (Å²) in [6.07, 6.45) is 0.467. The summed E-state index contributed by atoms with van der Waals surface area (Å²) in [6, 6.07) is 14.0. The van der Waals surface area contributed by atoms with Crippen LogP contribution >= 0.6 is 11.8 Å². The van der Waals surface area contributed by atoms with Gasteiger partial charge in [-0.25, -0.2) is 4.79 Å². The zero-order valence-corrected chi connectivity index (χ0v) is 19.5. The van der Waals surface area contributed by atoms with Crippen LogP contribution in [0.5, 0.6) is 5.75 Å². The molecule has 0 bridgehead atoms. The molecule has 4 amide bonds. The number of nitrogens with one attached hydrogen (secondary N) is 3. The van der Waals surface area contributed by atoms with Gasteiger partial charge in [0.2, 0.25) is 11.8 Å². The van der Waals surface area contributed by atoms with Crippen molar-refractivity contribution in [2.75, 3.05) is 18.2 Å². The van der Waals surface area contributed by atoms with Gasteiger partial charge in [-0.2, -0.15) is 0 Å². The van der Waals surface area contributed by atoms with E-state index in [1.54, 1.807) is 31.4 Å². The molecule has 0 aliphatic carbocycles. The lowest BCUT2D eigenvalue weighted by molar-refractivity contribution is -0.121. The van der Waals surface area contributed by atoms with E-state index in [2.05, 4.69) is 26.1 Å². The average molecular weight is 481 g/mol. The Balaban J connectivity index is 1.52. The number of carbonyl (C=O) groups is 3. The van der Waals surface area contributed by atoms with Crippen molar-refractivity contribution < 1.29 is 19.1 Å². The smallest absolute Gasteiger partial charge is 0.321 e. The number of urea groups is 1. The molecule has 11 heteroatoms. The number of carbonyl (C=O) groups excluding carboxylic acids is 3. The van der Waals surface area contributed by atoms with Crippen LogP contribution in [0.2, 0.25) is 0 Å². The highest BCUT2D eigenvalue weighted by atomic mass is 32.2. The minimum atomic E-state index is -0.522. The van der Waals surface area contributed by atoms with Crippen molar-refractivity contribution in [1.29, 1.82) is 0 Å². The molecule has 0 saturated carbocycles. The molecular formula is C23H24N6O4S. The van der Waals surface area contributed by atoms with E-state index < -0.39 is 12.1 Å². The lowest BCUT2D eigenvalue weighted by Crippen LogP contribution is -2.53. The summed E-state index contributed by atoms with van der Waals surface area (Å²) in [7, 11) is 1.57. The molecule has 0 radical (unpaired) electrons. The number of amides is 4. The van der Waals surface area contributed by atoms with E-state index in [0.717, 1.165) is 11.3 Å². The minimum absolute atomic E-state index is 0.115. The molecule has 34 heavy (non-hydrogen) atoms. The van der Waals surface area contributed by atoms with Gasteiger partial charge in [-0.1, -0.05) is 30.0 Å². The van der Waals surface area contributed by atoms with Gasteiger partial charge in [0, 0.05) is 36.3 Å². The van der Waals surface area contributed by atoms with Crippen LogP contribution in [0.1, 0.15) is 17.8 Å². The van der Waals surface area contributed by atoms with Crippen LogP contribution in [0.3, 0.4) is 0 Å². The normalized spacial score (nSPS) is 15.4. The molecule has 176 valence electrons. The number of rotatable bonds is 8. The van der Waals surface area contributed by atoms with Gasteiger partial charge in [0.25, 0.3) is 0 Å². The highest BCUT2D eigenvalue weighted by Gasteiger charge is 2.27. The van der Waals surface area contributed by atoms with Gasteiger partial charge in [0.15, 0.2) is 5.16 Å². The second-order valence-electron chi connectivity index (χ2n) is 7.77. The maximum Gasteiger partial charge on any atom is 0.321 e. The molecule has 3 aromatic rings. The SMILES string of the molecule is COc1cccc(NC(=O)CSc2nnc(CC3CC(=O)NC(=O)N3)n2-c2cccc(C)c2)c1. The Bertz CT molecular complexity index is 1210. The highest BCUT2D eigenvalue weighted by Crippen LogP contribution is 2.25. The molecule has 1 aliphatic rings. The van der Waals surface area contributed by atoms with E-state index in [1.807, 2.05) is 35.8 Å². The standard InChI is InChI=1S/C23H24N6O4S/c1-14-5-3-7-17(9-14)29-19(11-16-12-20(30)26-22(32)25-16)27-28-23(29)34-13-21(31)24-15-6-4-8-18(10-15)33-2/h3-10,16H,11-13H2,1-2H3,(H,24,31)(H2,25,26,30,32). The molecule has 2 aromatic carbocycles. The first-order valence-corrected chi connectivity index (χ1v) is 11.6. The summed E-state index contributed by atoms with van der Waals surface area (Å²) in [5.74, 6) is 0.817. The summed E-state index contributed by atoms with van der Waals surface area (Å²) < 4.78 is 7.05. The predicted molar refractivity (Wildman–Crippen MR) is 127 cm³/mol. The predicted octanol–water partition coefficient (Wildman–Crippen LogP) is 2.46. The monoisotopic (exact) mass is 480 g/mol. The van der Waals surface area contributed by atoms with E-state index in [0.29, 0.717) is 28.8 Å². The number of hydrogen-bond donors (Lipinski definition) is 3. The van der Waals surface area contributed by atoms with E-state index in [9.17, 15) is 14.4 Å². The fourth-order valence-electron chi connectivity index (χ4n) is 3.60. The van der Waals surface area contributed by atoms with E-state index >= 15 is 0 Å². The molecule has 1 atom stereocenters. The Labute approximate surface area is 200 Å². The lowest BCUT2D eigenvalue weighted by Gasteiger charge is -2.23. The second-order valence-corrected chi connectivity index (χ2v) is 8.71. The van der Waals surface area contributed by atoms with Gasteiger partial charge in [0.05, 0.1) is 12.9 Å². The van der Waals surface area contributed by atoms with Crippen molar-refractivity contribution in [1.82, 2.24) is 25.4 Å². The zero-order chi connectivity index (χ0) is 24.1. The summed E-state index contributed by atoms with van der Waals surface area (Å²) in [5, 5.41) is 17.0. The van der Waals surface area contributed by atoms with Crippen LogP contribution in [0.25, 0.3) is 5.69 Å². The molecular weight excluding hydrogens is 456 g/mol. The number of ether oxygens (including phenoxy) is 1. The summed E-state index contributed by atoms with van der Waals surface area (Å²) in [5.41, 5.74) is 2.52. The zero-order valence-electron chi connectivity index (χ0n) is 18.7. The number of nitrogens with zero attached hydrogens (tertiary/aromatic N) is 3. The first-order valence-electron chi connectivity index (χ1n) is 10.6. The summed E-state index contributed by atoms with van der Waals surface area (Å²) >= 11 is 1.25. The van der Waals surface area contributed by atoms with Crippen molar-refractivity contribution >= 4 is 35.3 Å². The fourth-order valence-corrected chi connectivity index (χ4v) is 4.37. The number of thioether (sulfide) groups is 1. The quantitative estimate of drug-likeness (QED) is 0.423. The van der Waals surface area contributed by atoms with Gasteiger partial charge < -0.3 is 15.4 Å². The van der Waals surface area contributed by atoms with Crippen molar-refractivity contribution in [3.63, 3.8) is 0 Å². The van der Waals surface area contributed by atoms with Crippen LogP contribution < -0.4 is 20.7 Å². The van der Waals surface area contributed by atoms with Crippen molar-refractivity contribution in [3.05, 3.63) is 59.9 Å². The number of benzene rings is 2. The first-order chi connectivity index (χ1) is 16.4. The molecule has 2 heterocycles. The van der Waals surface area contributed by atoms with Crippen LogP contribution in [-0.4, -0.2) is 51.5 Å². The van der Waals surface area contributed by atoms with E-state index in [1.165, 1.54) is 11.8 Å². The van der Waals surface area contributed by atoms with Gasteiger partial charge in [-0.15, -0.1) is 10.2 Å². The second kappa shape index (κ2) is 10.4. The lowest BCUT2D eigenvalue weighted by atomic mass is 10.1. The molecule has 3 N–H and O–H groups in total. The number of hydrogen-bond acceptors (Lipinski definition) is 7. The summed E-state index contributed by atoms with van der Waals surface area (Å²) in [4.78, 5) is 36.0. The molecule has 1 aromatic heterocycles. The van der Waals surface area contributed by atoms with Gasteiger partial charge in [0.1, 0.15) is 11.6 Å².